The molecule has 4 amide bonds. The van der Waals surface area contributed by atoms with Crippen molar-refractivity contribution in [3.8, 4) is 0 Å². The number of hydrogen-bond donors (Lipinski definition) is 3. The summed E-state index contributed by atoms with van der Waals surface area (Å²) in [5, 5.41) is 5.18. The smallest absolute Gasteiger partial charge is 0.325 e. The first-order chi connectivity index (χ1) is 9.40. The average Bonchev–Trinajstić information content (AvgIpc) is 2.93. The van der Waals surface area contributed by atoms with Gasteiger partial charge in [0, 0.05) is 24.9 Å². The van der Waals surface area contributed by atoms with Gasteiger partial charge >= 0.3 is 6.03 Å². The molecule has 0 aliphatic carbocycles. The quantitative estimate of drug-likeness (QED) is 0.625. The van der Waals surface area contributed by atoms with Crippen LogP contribution in [0.1, 0.15) is 19.5 Å². The highest BCUT2D eigenvalue weighted by atomic mass is 16.2. The molecule has 1 aromatic rings. The molecule has 0 radical (unpaired) electrons. The third kappa shape index (κ3) is 2.95. The number of carbonyl (C=O) groups is 3. The van der Waals surface area contributed by atoms with E-state index in [-0.39, 0.29) is 12.5 Å². The highest BCUT2D eigenvalue weighted by Crippen LogP contribution is 2.15. The van der Waals surface area contributed by atoms with Crippen LogP contribution in [-0.4, -0.2) is 51.3 Å². The van der Waals surface area contributed by atoms with E-state index in [0.717, 1.165) is 10.6 Å². The van der Waals surface area contributed by atoms with Crippen LogP contribution in [0.5, 0.6) is 0 Å². The highest BCUT2D eigenvalue weighted by molar-refractivity contribution is 6.08. The van der Waals surface area contributed by atoms with Crippen LogP contribution in [-0.2, 0) is 16.0 Å². The lowest BCUT2D eigenvalue weighted by Crippen LogP contribution is -2.43. The van der Waals surface area contributed by atoms with Gasteiger partial charge < -0.3 is 15.6 Å². The maximum atomic E-state index is 11.9. The second kappa shape index (κ2) is 5.32. The van der Waals surface area contributed by atoms with Gasteiger partial charge in [0.15, 0.2) is 0 Å². The summed E-state index contributed by atoms with van der Waals surface area (Å²) >= 11 is 0. The van der Waals surface area contributed by atoms with Gasteiger partial charge in [-0.3, -0.25) is 14.5 Å². The second-order valence-electron chi connectivity index (χ2n) is 5.12. The molecule has 2 rings (SSSR count). The Balaban J connectivity index is 1.80. The number of aromatic amines is 1. The fraction of sp³-hybridized carbons (Fsp3) is 0.500. The minimum Gasteiger partial charge on any atom is -0.354 e. The summed E-state index contributed by atoms with van der Waals surface area (Å²) in [6, 6.07) is -0.538. The molecular weight excluding hydrogens is 262 g/mol. The van der Waals surface area contributed by atoms with Crippen LogP contribution in [0.15, 0.2) is 12.5 Å². The van der Waals surface area contributed by atoms with E-state index in [1.54, 1.807) is 26.4 Å². The van der Waals surface area contributed by atoms with Crippen molar-refractivity contribution < 1.29 is 14.4 Å². The summed E-state index contributed by atoms with van der Waals surface area (Å²) in [6.07, 6.45) is 3.84. The molecule has 8 heteroatoms. The Morgan fingerprint density at radius 1 is 1.45 bits per heavy atom. The largest absolute Gasteiger partial charge is 0.354 e. The molecule has 0 aromatic carbocycles. The summed E-state index contributed by atoms with van der Waals surface area (Å²) < 4.78 is 0. The van der Waals surface area contributed by atoms with E-state index in [0.29, 0.717) is 13.0 Å². The first-order valence-electron chi connectivity index (χ1n) is 6.28. The van der Waals surface area contributed by atoms with Crippen molar-refractivity contribution >= 4 is 17.8 Å². The fourth-order valence-electron chi connectivity index (χ4n) is 1.92. The molecule has 1 aromatic heterocycles. The molecule has 108 valence electrons. The predicted molar refractivity (Wildman–Crippen MR) is 69.6 cm³/mol. The Labute approximate surface area is 115 Å². The Morgan fingerprint density at radius 2 is 2.20 bits per heavy atom. The number of urea groups is 1. The van der Waals surface area contributed by atoms with Crippen LogP contribution in [0.3, 0.4) is 0 Å². The van der Waals surface area contributed by atoms with Gasteiger partial charge in [-0.05, 0) is 13.8 Å². The lowest BCUT2D eigenvalue weighted by atomic mass is 10.1. The van der Waals surface area contributed by atoms with Gasteiger partial charge in [-0.25, -0.2) is 9.78 Å². The van der Waals surface area contributed by atoms with Crippen molar-refractivity contribution in [3.63, 3.8) is 0 Å². The van der Waals surface area contributed by atoms with Crippen LogP contribution in [0.2, 0.25) is 0 Å². The molecule has 3 N–H and O–H groups in total. The Kier molecular flexibility index (Phi) is 3.73. The van der Waals surface area contributed by atoms with E-state index < -0.39 is 17.5 Å². The van der Waals surface area contributed by atoms with Gasteiger partial charge in [0.05, 0.1) is 6.33 Å². The van der Waals surface area contributed by atoms with Gasteiger partial charge in [-0.1, -0.05) is 0 Å². The van der Waals surface area contributed by atoms with Crippen molar-refractivity contribution in [1.29, 1.82) is 0 Å². The van der Waals surface area contributed by atoms with Crippen molar-refractivity contribution in [2.75, 3.05) is 13.1 Å². The zero-order valence-electron chi connectivity index (χ0n) is 11.4. The van der Waals surface area contributed by atoms with Crippen LogP contribution in [0, 0.1) is 0 Å². The molecule has 0 spiro atoms. The summed E-state index contributed by atoms with van der Waals surface area (Å²) in [5.74, 6) is -0.767. The normalized spacial score (nSPS) is 17.2. The maximum absolute atomic E-state index is 11.9. The minimum atomic E-state index is -0.951. The Hall–Kier alpha value is -2.38. The van der Waals surface area contributed by atoms with Crippen LogP contribution < -0.4 is 10.6 Å². The van der Waals surface area contributed by atoms with E-state index in [9.17, 15) is 14.4 Å². The number of imide groups is 1. The number of imidazole rings is 1. The number of hydrogen-bond acceptors (Lipinski definition) is 4. The first-order valence-corrected chi connectivity index (χ1v) is 6.28. The first kappa shape index (κ1) is 14.0. The zero-order valence-corrected chi connectivity index (χ0v) is 11.4. The molecule has 0 bridgehead atoms. The van der Waals surface area contributed by atoms with Gasteiger partial charge in [-0.2, -0.15) is 0 Å². The van der Waals surface area contributed by atoms with Crippen molar-refractivity contribution in [3.05, 3.63) is 18.2 Å². The van der Waals surface area contributed by atoms with Crippen LogP contribution in [0.4, 0.5) is 4.79 Å². The molecule has 0 unspecified atom stereocenters. The molecule has 1 fully saturated rings. The number of H-pyrrole nitrogens is 1. The zero-order chi connectivity index (χ0) is 14.8. The number of nitrogens with one attached hydrogen (secondary N) is 3. The fourth-order valence-corrected chi connectivity index (χ4v) is 1.92. The van der Waals surface area contributed by atoms with Gasteiger partial charge in [0.25, 0.3) is 5.91 Å². The standard InChI is InChI=1S/C12H17N5O3/c1-12(2)10(19)17(11(20)16-12)6-9(18)14-4-3-8-5-13-7-15-8/h5,7H,3-4,6H2,1-2H3,(H,13,15)(H,14,18)(H,16,20). The lowest BCUT2D eigenvalue weighted by molar-refractivity contribution is -0.134. The number of rotatable bonds is 5. The van der Waals surface area contributed by atoms with Crippen molar-refractivity contribution in [1.82, 2.24) is 25.5 Å². The summed E-state index contributed by atoms with van der Waals surface area (Å²) in [6.45, 7) is 3.35. The monoisotopic (exact) mass is 279 g/mol. The van der Waals surface area contributed by atoms with Crippen molar-refractivity contribution in [2.45, 2.75) is 25.8 Å². The molecular formula is C12H17N5O3. The number of aromatic nitrogens is 2. The Morgan fingerprint density at radius 3 is 2.75 bits per heavy atom. The molecule has 0 saturated carbocycles. The van der Waals surface area contributed by atoms with E-state index in [1.165, 1.54) is 0 Å². The van der Waals surface area contributed by atoms with Crippen LogP contribution in [0.25, 0.3) is 0 Å². The summed E-state index contributed by atoms with van der Waals surface area (Å²) in [7, 11) is 0. The summed E-state index contributed by atoms with van der Waals surface area (Å²) in [4.78, 5) is 42.9. The van der Waals surface area contributed by atoms with Crippen molar-refractivity contribution in [2.24, 2.45) is 0 Å². The maximum Gasteiger partial charge on any atom is 0.325 e. The molecule has 1 aliphatic heterocycles. The predicted octanol–water partition coefficient (Wildman–Crippen LogP) is -0.601. The van der Waals surface area contributed by atoms with Gasteiger partial charge in [0.1, 0.15) is 12.1 Å². The molecule has 8 nitrogen and oxygen atoms in total. The Bertz CT molecular complexity index is 523. The van der Waals surface area contributed by atoms with Gasteiger partial charge in [-0.15, -0.1) is 0 Å². The molecule has 0 atom stereocenters. The van der Waals surface area contributed by atoms with Crippen LogP contribution >= 0.6 is 0 Å². The topological polar surface area (TPSA) is 107 Å². The average molecular weight is 279 g/mol. The van der Waals surface area contributed by atoms with E-state index in [1.807, 2.05) is 0 Å². The molecule has 1 aliphatic rings. The second-order valence-corrected chi connectivity index (χ2v) is 5.12. The molecule has 1 saturated heterocycles. The minimum absolute atomic E-state index is 0.267. The lowest BCUT2D eigenvalue weighted by Gasteiger charge is -2.15. The molecule has 2 heterocycles. The van der Waals surface area contributed by atoms with Gasteiger partial charge in [0.2, 0.25) is 5.91 Å². The van der Waals surface area contributed by atoms with E-state index in [2.05, 4.69) is 20.6 Å². The number of amides is 4. The molecule has 20 heavy (non-hydrogen) atoms. The summed E-state index contributed by atoms with van der Waals surface area (Å²) in [5.41, 5.74) is -0.0470. The number of carbonyl (C=O) groups excluding carboxylic acids is 3. The highest BCUT2D eigenvalue weighted by Gasteiger charge is 2.44. The third-order valence-electron chi connectivity index (χ3n) is 3.02. The van der Waals surface area contributed by atoms with E-state index >= 15 is 0 Å². The third-order valence-corrected chi connectivity index (χ3v) is 3.02. The van der Waals surface area contributed by atoms with E-state index in [4.69, 9.17) is 0 Å². The number of nitrogens with zero attached hydrogens (tertiary/aromatic N) is 2. The SMILES string of the molecule is CC1(C)NC(=O)N(CC(=O)NCCc2cnc[nH]2)C1=O.